The Morgan fingerprint density at radius 1 is 0.386 bits per heavy atom. The highest BCUT2D eigenvalue weighted by Gasteiger charge is 2.22. The van der Waals surface area contributed by atoms with Gasteiger partial charge in [-0.2, -0.15) is 0 Å². The normalized spacial score (nSPS) is 9.85. The van der Waals surface area contributed by atoms with Gasteiger partial charge in [0.1, 0.15) is 78.8 Å². The van der Waals surface area contributed by atoms with Gasteiger partial charge in [-0.1, -0.05) is 89.4 Å². The Bertz CT molecular complexity index is 3260. The van der Waals surface area contributed by atoms with Gasteiger partial charge < -0.3 is 47.5 Å². The van der Waals surface area contributed by atoms with Crippen LogP contribution in [0.2, 0.25) is 0 Å². The quantitative estimate of drug-likeness (QED) is 0.0108. The van der Waals surface area contributed by atoms with Crippen LogP contribution in [-0.4, -0.2) is 204 Å². The third-order valence-electron chi connectivity index (χ3n) is 11.1. The van der Waals surface area contributed by atoms with E-state index in [2.05, 4.69) is 103 Å². The average Bonchev–Trinajstić information content (AvgIpc) is 0.795. The number of carbonyl (C=O) groups is 12. The summed E-state index contributed by atoms with van der Waals surface area (Å²) in [6.07, 6.45) is 13.5. The highest BCUT2D eigenvalue weighted by atomic mass is 17.2. The molecule has 0 saturated carbocycles. The summed E-state index contributed by atoms with van der Waals surface area (Å²) in [4.78, 5) is 225. The van der Waals surface area contributed by atoms with Crippen molar-refractivity contribution >= 4 is 70.3 Å². The predicted molar refractivity (Wildman–Crippen MR) is 357 cm³/mol. The van der Waals surface area contributed by atoms with Crippen molar-refractivity contribution in [3.8, 4) is 0 Å². The van der Waals surface area contributed by atoms with Gasteiger partial charge in [-0.15, -0.1) is 13.2 Å². The summed E-state index contributed by atoms with van der Waals surface area (Å²) in [6.45, 7) is 33.7. The van der Waals surface area contributed by atoms with Gasteiger partial charge in [0.25, 0.3) is 17.3 Å². The Balaban J connectivity index is -0.00000133. The monoisotopic (exact) mass is 1430 g/mol. The molecule has 0 aliphatic rings. The number of allylic oxidation sites excluding steroid dienone is 2. The van der Waals surface area contributed by atoms with Crippen LogP contribution in [0.15, 0.2) is 168 Å². The molecule has 2 aromatic heterocycles. The van der Waals surface area contributed by atoms with Crippen molar-refractivity contribution in [2.75, 3.05) is 99.6 Å². The molecule has 0 unspecified atom stereocenters. The maximum absolute atomic E-state index is 12.7. The summed E-state index contributed by atoms with van der Waals surface area (Å²) in [6, 6.07) is 0. The Morgan fingerprint density at radius 3 is 1.03 bits per heavy atom. The van der Waals surface area contributed by atoms with E-state index in [0.717, 1.165) is 42.9 Å². The molecule has 36 nitrogen and oxygen atoms in total. The van der Waals surface area contributed by atoms with Crippen molar-refractivity contribution in [3.05, 3.63) is 202 Å². The number of carbonyl (C=O) groups excluding carboxylic acids is 12. The lowest BCUT2D eigenvalue weighted by Crippen LogP contribution is -2.57. The van der Waals surface area contributed by atoms with Crippen LogP contribution in [0.4, 0.5) is 0 Å². The van der Waals surface area contributed by atoms with E-state index in [1.54, 1.807) is 13.2 Å². The molecule has 0 amide bonds. The fraction of sp³-hybridized carbons (Fsp3) is 0.385. The van der Waals surface area contributed by atoms with Gasteiger partial charge in [-0.3, -0.25) is 33.6 Å². The highest BCUT2D eigenvalue weighted by Crippen LogP contribution is 1.99. The SMILES string of the molecule is C=CC(=O)C(=O)OCCn1c(=O)n(CCOC(=O)C(=O)C=C)c(=O)n(CCOC(=O)C(=O)C=C)c1=O.C=CC(=O)CCOn1c(=O)n(CCOC(=O)C=C)c(=O)n(CCOC(=O)C=C)c1=O.C=CC(=O)COCC(COCC(=O)C=C)OCC(=O)C=C.C=CCCC.C=CCOOCCOC. The number of ketones is 7. The molecular weight excluding hydrogens is 1340 g/mol. The van der Waals surface area contributed by atoms with E-state index in [1.165, 1.54) is 6.42 Å². The summed E-state index contributed by atoms with van der Waals surface area (Å²) in [5.74, 6) is -9.87. The van der Waals surface area contributed by atoms with Crippen molar-refractivity contribution in [1.82, 2.24) is 27.6 Å². The third-order valence-corrected chi connectivity index (χ3v) is 11.1. The van der Waals surface area contributed by atoms with Gasteiger partial charge >= 0.3 is 64.0 Å². The molecule has 0 fully saturated rings. The van der Waals surface area contributed by atoms with E-state index in [1.807, 2.05) is 6.08 Å². The Kier molecular flexibility index (Phi) is 53.5. The number of unbranched alkanes of at least 4 members (excludes halogenated alkanes) is 1. The zero-order valence-electron chi connectivity index (χ0n) is 56.2. The fourth-order valence-corrected chi connectivity index (χ4v) is 6.02. The van der Waals surface area contributed by atoms with E-state index in [9.17, 15) is 86.3 Å². The molecule has 0 atom stereocenters. The van der Waals surface area contributed by atoms with Crippen LogP contribution in [0.5, 0.6) is 0 Å². The van der Waals surface area contributed by atoms with Gasteiger partial charge in [-0.05, 0) is 49.0 Å². The topological polar surface area (TPSA) is 448 Å². The first-order chi connectivity index (χ1) is 48.1. The van der Waals surface area contributed by atoms with Crippen molar-refractivity contribution in [2.45, 2.75) is 65.0 Å². The van der Waals surface area contributed by atoms with Gasteiger partial charge in [0.05, 0.1) is 52.5 Å². The van der Waals surface area contributed by atoms with Gasteiger partial charge in [0.15, 0.2) is 23.1 Å². The summed E-state index contributed by atoms with van der Waals surface area (Å²) in [7, 11) is 1.61. The van der Waals surface area contributed by atoms with Crippen LogP contribution in [0, 0.1) is 0 Å². The molecule has 0 saturated heterocycles. The smallest absolute Gasteiger partial charge is 0.379 e. The number of hydrogen-bond acceptors (Lipinski definition) is 30. The fourth-order valence-electron chi connectivity index (χ4n) is 6.02. The first-order valence-corrected chi connectivity index (χ1v) is 29.6. The molecule has 0 N–H and O–H groups in total. The minimum Gasteiger partial charge on any atom is -0.461 e. The molecule has 0 aliphatic carbocycles. The van der Waals surface area contributed by atoms with E-state index in [-0.39, 0.29) is 95.5 Å². The molecule has 36 heteroatoms. The van der Waals surface area contributed by atoms with Crippen LogP contribution < -0.4 is 39.0 Å². The molecule has 0 aliphatic heterocycles. The van der Waals surface area contributed by atoms with E-state index < -0.39 is 127 Å². The number of rotatable bonds is 50. The van der Waals surface area contributed by atoms with Crippen LogP contribution in [0.25, 0.3) is 0 Å². The maximum atomic E-state index is 12.7. The Hall–Kier alpha value is -11.4. The van der Waals surface area contributed by atoms with Crippen molar-refractivity contribution in [3.63, 3.8) is 0 Å². The number of methoxy groups -OCH3 is 1. The van der Waals surface area contributed by atoms with Crippen molar-refractivity contribution < 1.29 is 115 Å². The summed E-state index contributed by atoms with van der Waals surface area (Å²) in [5, 5.41) is 0. The van der Waals surface area contributed by atoms with Crippen molar-refractivity contribution in [1.29, 1.82) is 0 Å². The van der Waals surface area contributed by atoms with Gasteiger partial charge in [-0.25, -0.2) is 85.4 Å². The molecule has 0 spiro atoms. The molecule has 101 heavy (non-hydrogen) atoms. The molecule has 2 rings (SSSR count). The maximum Gasteiger partial charge on any atom is 0.379 e. The van der Waals surface area contributed by atoms with Crippen LogP contribution in [0.3, 0.4) is 0 Å². The highest BCUT2D eigenvalue weighted by molar-refractivity contribution is 6.39. The molecule has 554 valence electrons. The standard InChI is InChI=1S/C21H21N3O12.C18H21N3O9.C15H20O6.C6H12O3.C5H10/c1-4-13(25)16(28)34-10-7-22-19(31)23(8-11-35-17(29)14(26)5-2)21(33)24(20(22)32)9-12-36-18(30)15(27)6-3;1-4-13(22)7-10-30-21-17(26)19(8-11-28-14(23)5-2)16(25)20(18(21)27)9-12-29-15(24)6-3;1-4-12(16)7-19-10-15(21-9-14(18)6-3)11-20-8-13(17)5-2;1-3-4-8-9-6-5-7-2;1-3-5-4-2/h4-6H,1-3,7-12H2;4-6H,1-3,7-12H2;4-6,15H,1-3,7-11H2;3H,1,4-6H2,2H3;3H,1,4-5H2,2H3. The summed E-state index contributed by atoms with van der Waals surface area (Å²) < 4.78 is 46.5. The molecule has 0 bridgehead atoms. The molecule has 0 radical (unpaired) electrons. The van der Waals surface area contributed by atoms with Crippen molar-refractivity contribution in [2.24, 2.45) is 0 Å². The average molecular weight is 1430 g/mol. The molecule has 0 aromatic carbocycles. The largest absolute Gasteiger partial charge is 0.461 e. The van der Waals surface area contributed by atoms with Crippen LogP contribution in [0.1, 0.15) is 26.2 Å². The zero-order valence-corrected chi connectivity index (χ0v) is 56.2. The Labute approximate surface area is 577 Å². The lowest BCUT2D eigenvalue weighted by molar-refractivity contribution is -0.290. The van der Waals surface area contributed by atoms with Crippen LogP contribution >= 0.6 is 0 Å². The lowest BCUT2D eigenvalue weighted by atomic mass is 10.3. The molecular formula is C65H84N6O30. The number of ether oxygens (including phenoxy) is 9. The lowest BCUT2D eigenvalue weighted by Gasteiger charge is -2.17. The molecule has 2 heterocycles. The minimum absolute atomic E-state index is 0.0479. The Morgan fingerprint density at radius 2 is 0.733 bits per heavy atom. The number of esters is 5. The predicted octanol–water partition coefficient (Wildman–Crippen LogP) is -1.32. The second-order valence-corrected chi connectivity index (χ2v) is 18.3. The minimum atomic E-state index is -1.30. The summed E-state index contributed by atoms with van der Waals surface area (Å²) in [5.41, 5.74) is -6.89. The second-order valence-electron chi connectivity index (χ2n) is 18.3. The second kappa shape index (κ2) is 57.6. The van der Waals surface area contributed by atoms with Gasteiger partial charge in [0, 0.05) is 25.7 Å². The summed E-state index contributed by atoms with van der Waals surface area (Å²) >= 11 is 0. The number of nitrogens with zero attached hydrogens (tertiary/aromatic N) is 6. The van der Waals surface area contributed by atoms with E-state index >= 15 is 0 Å². The first kappa shape index (κ1) is 93.7. The van der Waals surface area contributed by atoms with E-state index in [0.29, 0.717) is 65.6 Å². The van der Waals surface area contributed by atoms with Crippen LogP contribution in [-0.2, 0) is 143 Å². The number of aromatic nitrogens is 6. The first-order valence-electron chi connectivity index (χ1n) is 29.6. The number of hydrogen-bond donors (Lipinski definition) is 0. The molecule has 2 aromatic rings. The third kappa shape index (κ3) is 40.8. The van der Waals surface area contributed by atoms with E-state index in [4.69, 9.17) is 33.3 Å². The van der Waals surface area contributed by atoms with Gasteiger partial charge in [0.2, 0.25) is 0 Å². The zero-order chi connectivity index (χ0) is 77.3.